The van der Waals surface area contributed by atoms with E-state index in [1.54, 1.807) is 4.57 Å². The number of rotatable bonds is 2. The number of anilines is 1. The van der Waals surface area contributed by atoms with Gasteiger partial charge in [-0.25, -0.2) is 4.98 Å². The first-order chi connectivity index (χ1) is 7.61. The number of benzene rings is 1. The lowest BCUT2D eigenvalue weighted by atomic mass is 10.2. The van der Waals surface area contributed by atoms with Crippen molar-refractivity contribution in [1.82, 2.24) is 9.55 Å². The van der Waals surface area contributed by atoms with E-state index in [9.17, 15) is 4.79 Å². The van der Waals surface area contributed by atoms with Crippen molar-refractivity contribution < 1.29 is 9.53 Å². The summed E-state index contributed by atoms with van der Waals surface area (Å²) in [5, 5.41) is 0. The van der Waals surface area contributed by atoms with Gasteiger partial charge in [-0.1, -0.05) is 6.07 Å². The van der Waals surface area contributed by atoms with Crippen LogP contribution in [0.25, 0.3) is 11.0 Å². The molecule has 0 saturated heterocycles. The third kappa shape index (κ3) is 1.71. The minimum absolute atomic E-state index is 0.0852. The zero-order valence-electron chi connectivity index (χ0n) is 9.23. The molecule has 5 nitrogen and oxygen atoms in total. The van der Waals surface area contributed by atoms with Crippen molar-refractivity contribution >= 4 is 23.0 Å². The van der Waals surface area contributed by atoms with Crippen LogP contribution in [0.2, 0.25) is 0 Å². The molecule has 0 radical (unpaired) electrons. The number of imidazole rings is 1. The Morgan fingerprint density at radius 3 is 3.00 bits per heavy atom. The van der Waals surface area contributed by atoms with E-state index in [0.717, 1.165) is 16.6 Å². The van der Waals surface area contributed by atoms with Crippen molar-refractivity contribution in [3.05, 3.63) is 23.8 Å². The van der Waals surface area contributed by atoms with Crippen molar-refractivity contribution in [2.45, 2.75) is 13.5 Å². The number of nitrogen functional groups attached to an aromatic ring is 1. The molecule has 84 valence electrons. The molecule has 0 spiro atoms. The number of aryl methyl sites for hydroxylation is 1. The Bertz CT molecular complexity index is 545. The number of methoxy groups -OCH3 is 1. The number of hydrogen-bond acceptors (Lipinski definition) is 4. The molecule has 2 aromatic rings. The Labute approximate surface area is 92.8 Å². The average molecular weight is 219 g/mol. The first kappa shape index (κ1) is 10.5. The predicted octanol–water partition coefficient (Wildman–Crippen LogP) is 1.10. The lowest BCUT2D eigenvalue weighted by Gasteiger charge is -2.04. The standard InChI is InChI=1S/C11H13N3O2/c1-7-3-4-9-8(5-7)13-11(12)14(9)6-10(15)16-2/h3-5H,6H2,1-2H3,(H2,12,13). The Hall–Kier alpha value is -2.04. The molecule has 0 unspecified atom stereocenters. The van der Waals surface area contributed by atoms with Gasteiger partial charge >= 0.3 is 5.97 Å². The summed E-state index contributed by atoms with van der Waals surface area (Å²) in [6.45, 7) is 2.07. The maximum absolute atomic E-state index is 11.2. The van der Waals surface area contributed by atoms with E-state index in [1.807, 2.05) is 25.1 Å². The monoisotopic (exact) mass is 219 g/mol. The topological polar surface area (TPSA) is 70.1 Å². The molecule has 0 amide bonds. The molecule has 0 aliphatic rings. The molecule has 1 aromatic carbocycles. The molecule has 0 saturated carbocycles. The Morgan fingerprint density at radius 1 is 1.56 bits per heavy atom. The minimum atomic E-state index is -0.341. The molecule has 5 heteroatoms. The van der Waals surface area contributed by atoms with Crippen LogP contribution in [-0.2, 0) is 16.1 Å². The molecular formula is C11H13N3O2. The number of fused-ring (bicyclic) bond motifs is 1. The number of nitrogens with zero attached hydrogens (tertiary/aromatic N) is 2. The first-order valence-corrected chi connectivity index (χ1v) is 4.91. The van der Waals surface area contributed by atoms with Gasteiger partial charge < -0.3 is 10.5 Å². The van der Waals surface area contributed by atoms with Crippen molar-refractivity contribution in [3.8, 4) is 0 Å². The number of carbonyl (C=O) groups excluding carboxylic acids is 1. The number of ether oxygens (including phenoxy) is 1. The van der Waals surface area contributed by atoms with Gasteiger partial charge in [0.1, 0.15) is 6.54 Å². The van der Waals surface area contributed by atoms with Crippen molar-refractivity contribution in [3.63, 3.8) is 0 Å². The number of nitrogens with two attached hydrogens (primary N) is 1. The number of esters is 1. The molecule has 2 rings (SSSR count). The quantitative estimate of drug-likeness (QED) is 0.768. The fourth-order valence-corrected chi connectivity index (χ4v) is 1.62. The molecule has 2 N–H and O–H groups in total. The molecule has 0 bridgehead atoms. The van der Waals surface area contributed by atoms with E-state index in [2.05, 4.69) is 9.72 Å². The highest BCUT2D eigenvalue weighted by Crippen LogP contribution is 2.18. The van der Waals surface area contributed by atoms with Crippen LogP contribution < -0.4 is 5.73 Å². The van der Waals surface area contributed by atoms with E-state index in [0.29, 0.717) is 5.95 Å². The number of aromatic nitrogens is 2. The second kappa shape index (κ2) is 3.84. The molecule has 0 aliphatic carbocycles. The van der Waals surface area contributed by atoms with Crippen LogP contribution in [0, 0.1) is 6.92 Å². The van der Waals surface area contributed by atoms with E-state index in [1.165, 1.54) is 7.11 Å². The third-order valence-electron chi connectivity index (χ3n) is 2.45. The molecule has 1 aromatic heterocycles. The van der Waals surface area contributed by atoms with Crippen LogP contribution in [0.3, 0.4) is 0 Å². The van der Waals surface area contributed by atoms with E-state index >= 15 is 0 Å². The maximum atomic E-state index is 11.2. The Balaban J connectivity index is 2.52. The lowest BCUT2D eigenvalue weighted by molar-refractivity contribution is -0.141. The van der Waals surface area contributed by atoms with Crippen molar-refractivity contribution in [2.24, 2.45) is 0 Å². The number of hydrogen-bond donors (Lipinski definition) is 1. The van der Waals surface area contributed by atoms with Crippen LogP contribution in [0.4, 0.5) is 5.95 Å². The fourth-order valence-electron chi connectivity index (χ4n) is 1.62. The molecule has 0 fully saturated rings. The van der Waals surface area contributed by atoms with Crippen LogP contribution in [0.5, 0.6) is 0 Å². The molecular weight excluding hydrogens is 206 g/mol. The van der Waals surface area contributed by atoms with E-state index in [-0.39, 0.29) is 12.5 Å². The first-order valence-electron chi connectivity index (χ1n) is 4.91. The molecule has 0 atom stereocenters. The molecule has 1 heterocycles. The summed E-state index contributed by atoms with van der Waals surface area (Å²) in [7, 11) is 1.35. The lowest BCUT2D eigenvalue weighted by Crippen LogP contribution is -2.13. The summed E-state index contributed by atoms with van der Waals surface area (Å²) in [4.78, 5) is 15.4. The smallest absolute Gasteiger partial charge is 0.325 e. The maximum Gasteiger partial charge on any atom is 0.325 e. The van der Waals surface area contributed by atoms with Gasteiger partial charge in [0.15, 0.2) is 0 Å². The average Bonchev–Trinajstić information content (AvgIpc) is 2.54. The molecule has 16 heavy (non-hydrogen) atoms. The van der Waals surface area contributed by atoms with Gasteiger partial charge in [-0.15, -0.1) is 0 Å². The highest BCUT2D eigenvalue weighted by atomic mass is 16.5. The van der Waals surface area contributed by atoms with Gasteiger partial charge in [0, 0.05) is 0 Å². The van der Waals surface area contributed by atoms with Crippen LogP contribution in [0.1, 0.15) is 5.56 Å². The van der Waals surface area contributed by atoms with Crippen LogP contribution >= 0.6 is 0 Å². The summed E-state index contributed by atoms with van der Waals surface area (Å²) in [6, 6.07) is 5.79. The zero-order valence-corrected chi connectivity index (χ0v) is 9.23. The van der Waals surface area contributed by atoms with Gasteiger partial charge in [0.25, 0.3) is 0 Å². The Morgan fingerprint density at radius 2 is 2.31 bits per heavy atom. The van der Waals surface area contributed by atoms with Crippen molar-refractivity contribution in [1.29, 1.82) is 0 Å². The largest absolute Gasteiger partial charge is 0.468 e. The van der Waals surface area contributed by atoms with E-state index < -0.39 is 0 Å². The summed E-state index contributed by atoms with van der Waals surface area (Å²) < 4.78 is 6.25. The van der Waals surface area contributed by atoms with Crippen LogP contribution in [-0.4, -0.2) is 22.6 Å². The summed E-state index contributed by atoms with van der Waals surface area (Å²) in [5.74, 6) is -0.0161. The van der Waals surface area contributed by atoms with Gasteiger partial charge in [-0.3, -0.25) is 9.36 Å². The Kier molecular flexibility index (Phi) is 2.52. The molecule has 0 aliphatic heterocycles. The van der Waals surface area contributed by atoms with Gasteiger partial charge in [0.2, 0.25) is 5.95 Å². The van der Waals surface area contributed by atoms with Crippen molar-refractivity contribution in [2.75, 3.05) is 12.8 Å². The van der Waals surface area contributed by atoms with Gasteiger partial charge in [-0.2, -0.15) is 0 Å². The van der Waals surface area contributed by atoms with E-state index in [4.69, 9.17) is 5.73 Å². The minimum Gasteiger partial charge on any atom is -0.468 e. The fraction of sp³-hybridized carbons (Fsp3) is 0.273. The van der Waals surface area contributed by atoms with Crippen LogP contribution in [0.15, 0.2) is 18.2 Å². The van der Waals surface area contributed by atoms with Gasteiger partial charge in [-0.05, 0) is 24.6 Å². The highest BCUT2D eigenvalue weighted by molar-refractivity contribution is 5.81. The summed E-state index contributed by atoms with van der Waals surface area (Å²) in [5.41, 5.74) is 8.49. The third-order valence-corrected chi connectivity index (χ3v) is 2.45. The summed E-state index contributed by atoms with van der Waals surface area (Å²) >= 11 is 0. The summed E-state index contributed by atoms with van der Waals surface area (Å²) in [6.07, 6.45) is 0. The highest BCUT2D eigenvalue weighted by Gasteiger charge is 2.11. The van der Waals surface area contributed by atoms with Gasteiger partial charge in [0.05, 0.1) is 18.1 Å². The normalized spacial score (nSPS) is 10.6. The number of carbonyl (C=O) groups is 1. The second-order valence-electron chi connectivity index (χ2n) is 3.62. The zero-order chi connectivity index (χ0) is 11.7. The second-order valence-corrected chi connectivity index (χ2v) is 3.62. The predicted molar refractivity (Wildman–Crippen MR) is 60.9 cm³/mol. The SMILES string of the molecule is COC(=O)Cn1c(N)nc2cc(C)ccc21.